The third kappa shape index (κ3) is 3.14. The molecule has 1 aromatic heterocycles. The minimum absolute atomic E-state index is 0.322. The topological polar surface area (TPSA) is 68.7 Å². The Bertz CT molecular complexity index is 825. The zero-order chi connectivity index (χ0) is 18.2. The number of hydrogen-bond acceptors (Lipinski definition) is 4. The van der Waals surface area contributed by atoms with E-state index in [1.807, 2.05) is 31.2 Å². The summed E-state index contributed by atoms with van der Waals surface area (Å²) in [7, 11) is 0. The van der Waals surface area contributed by atoms with Gasteiger partial charge in [-0.1, -0.05) is 30.7 Å². The van der Waals surface area contributed by atoms with Crippen molar-refractivity contribution < 1.29 is 19.4 Å². The van der Waals surface area contributed by atoms with Crippen LogP contribution in [0.5, 0.6) is 5.75 Å². The fourth-order valence-electron chi connectivity index (χ4n) is 3.28. The van der Waals surface area contributed by atoms with Gasteiger partial charge >= 0.3 is 5.97 Å². The summed E-state index contributed by atoms with van der Waals surface area (Å²) in [5.74, 6) is -0.556. The van der Waals surface area contributed by atoms with E-state index in [4.69, 9.17) is 26.2 Å². The predicted molar refractivity (Wildman–Crippen MR) is 97.1 cm³/mol. The molecule has 0 radical (unpaired) electrons. The second-order valence-electron chi connectivity index (χ2n) is 5.83. The molecule has 3 rings (SSSR count). The van der Waals surface area contributed by atoms with E-state index in [1.165, 1.54) is 0 Å². The van der Waals surface area contributed by atoms with Gasteiger partial charge in [0.15, 0.2) is 6.61 Å². The lowest BCUT2D eigenvalue weighted by molar-refractivity contribution is -0.139. The fraction of sp³-hybridized carbons (Fsp3) is 0.333. The molecule has 5 nitrogen and oxygen atoms in total. The van der Waals surface area contributed by atoms with Gasteiger partial charge in [-0.2, -0.15) is 0 Å². The lowest BCUT2D eigenvalue weighted by Gasteiger charge is -2.29. The van der Waals surface area contributed by atoms with Crippen molar-refractivity contribution in [1.29, 1.82) is 0 Å². The third-order valence-electron chi connectivity index (χ3n) is 4.39. The van der Waals surface area contributed by atoms with Gasteiger partial charge in [-0.05, 0) is 47.0 Å². The Balaban J connectivity index is 2.16. The van der Waals surface area contributed by atoms with Crippen LogP contribution >= 0.6 is 27.5 Å². The average Bonchev–Trinajstić information content (AvgIpc) is 2.96. The first kappa shape index (κ1) is 18.2. The Kier molecular flexibility index (Phi) is 5.04. The molecular formula is C18H17BrClNO4. The summed E-state index contributed by atoms with van der Waals surface area (Å²) in [6.45, 7) is 3.73. The largest absolute Gasteiger partial charge is 0.480 e. The second-order valence-corrected chi connectivity index (χ2v) is 7.02. The molecule has 0 saturated heterocycles. The lowest BCUT2D eigenvalue weighted by atomic mass is 9.84. The van der Waals surface area contributed by atoms with E-state index >= 15 is 0 Å². The minimum atomic E-state index is -1.03. The quantitative estimate of drug-likeness (QED) is 0.715. The molecule has 2 heterocycles. The molecule has 2 aromatic rings. The highest BCUT2D eigenvalue weighted by molar-refractivity contribution is 9.10. The van der Waals surface area contributed by atoms with E-state index in [0.29, 0.717) is 34.1 Å². The van der Waals surface area contributed by atoms with Crippen molar-refractivity contribution in [1.82, 2.24) is 4.98 Å². The molecule has 132 valence electrons. The van der Waals surface area contributed by atoms with Crippen LogP contribution in [0.4, 0.5) is 0 Å². The molecule has 7 heteroatoms. The number of aromatic nitrogens is 1. The van der Waals surface area contributed by atoms with Gasteiger partial charge in [0.05, 0.1) is 12.3 Å². The summed E-state index contributed by atoms with van der Waals surface area (Å²) in [6.07, 6.45) is 0.684. The second kappa shape index (κ2) is 6.94. The molecule has 0 fully saturated rings. The van der Waals surface area contributed by atoms with E-state index in [2.05, 4.69) is 20.9 Å². The summed E-state index contributed by atoms with van der Waals surface area (Å²) in [5.41, 5.74) is 2.62. The van der Waals surface area contributed by atoms with Crippen molar-refractivity contribution in [3.05, 3.63) is 56.3 Å². The van der Waals surface area contributed by atoms with Crippen LogP contribution in [-0.2, 0) is 21.7 Å². The molecule has 1 aliphatic heterocycles. The summed E-state index contributed by atoms with van der Waals surface area (Å²) >= 11 is 9.57. The first-order valence-electron chi connectivity index (χ1n) is 7.83. The van der Waals surface area contributed by atoms with Crippen LogP contribution in [-0.4, -0.2) is 22.7 Å². The number of rotatable bonds is 5. The predicted octanol–water partition coefficient (Wildman–Crippen LogP) is 4.45. The first-order valence-corrected chi connectivity index (χ1v) is 9.00. The summed E-state index contributed by atoms with van der Waals surface area (Å²) < 4.78 is 12.4. The Hall–Kier alpha value is -1.63. The van der Waals surface area contributed by atoms with Crippen molar-refractivity contribution in [2.45, 2.75) is 32.5 Å². The van der Waals surface area contributed by atoms with Crippen LogP contribution < -0.4 is 4.74 Å². The number of benzene rings is 1. The van der Waals surface area contributed by atoms with E-state index in [1.54, 1.807) is 6.92 Å². The number of aryl methyl sites for hydroxylation is 1. The first-order chi connectivity index (χ1) is 11.9. The number of carbonyl (C=O) groups is 1. The Morgan fingerprint density at radius 3 is 2.72 bits per heavy atom. The van der Waals surface area contributed by atoms with Gasteiger partial charge in [-0.15, -0.1) is 0 Å². The van der Waals surface area contributed by atoms with Gasteiger partial charge in [0, 0.05) is 16.1 Å². The molecule has 0 saturated carbocycles. The summed E-state index contributed by atoms with van der Waals surface area (Å²) in [4.78, 5) is 15.4. The zero-order valence-electron chi connectivity index (χ0n) is 13.8. The van der Waals surface area contributed by atoms with Gasteiger partial charge in [0.25, 0.3) is 0 Å². The van der Waals surface area contributed by atoms with E-state index in [9.17, 15) is 4.79 Å². The maximum Gasteiger partial charge on any atom is 0.341 e. The molecule has 1 atom stereocenters. The molecule has 0 aliphatic carbocycles. The highest BCUT2D eigenvalue weighted by Gasteiger charge is 2.44. The smallest absolute Gasteiger partial charge is 0.341 e. The molecular weight excluding hydrogens is 410 g/mol. The monoisotopic (exact) mass is 425 g/mol. The maximum absolute atomic E-state index is 10.9. The molecule has 1 unspecified atom stereocenters. The number of hydrogen-bond donors (Lipinski definition) is 1. The SMILES string of the molecule is CCC1(c2ccc(Cl)cc2)OCc2c(OCC(=O)O)c(C)nc(Br)c21. The normalized spacial score (nSPS) is 18.9. The lowest BCUT2D eigenvalue weighted by Crippen LogP contribution is -2.27. The van der Waals surface area contributed by atoms with Gasteiger partial charge in [-0.3, -0.25) is 0 Å². The highest BCUT2D eigenvalue weighted by atomic mass is 79.9. The standard InChI is InChI=1S/C18H17BrClNO4/c1-3-18(11-4-6-12(20)7-5-11)15-13(8-25-18)16(24-9-14(22)23)10(2)21-17(15)19/h4-7H,3,8-9H2,1-2H3,(H,22,23). The summed E-state index contributed by atoms with van der Waals surface area (Å²) in [5, 5.41) is 9.58. The van der Waals surface area contributed by atoms with Crippen LogP contribution in [0.3, 0.4) is 0 Å². The van der Waals surface area contributed by atoms with E-state index < -0.39 is 18.2 Å². The Morgan fingerprint density at radius 1 is 1.44 bits per heavy atom. The van der Waals surface area contributed by atoms with Gasteiger partial charge < -0.3 is 14.6 Å². The zero-order valence-corrected chi connectivity index (χ0v) is 16.1. The number of carboxylic acids is 1. The number of carboxylic acid groups (broad SMARTS) is 1. The van der Waals surface area contributed by atoms with Crippen LogP contribution in [0.25, 0.3) is 0 Å². The van der Waals surface area contributed by atoms with Crippen molar-refractivity contribution in [3.63, 3.8) is 0 Å². The van der Waals surface area contributed by atoms with Crippen LogP contribution in [0.15, 0.2) is 28.9 Å². The minimum Gasteiger partial charge on any atom is -0.480 e. The van der Waals surface area contributed by atoms with Gasteiger partial charge in [0.1, 0.15) is 16.0 Å². The third-order valence-corrected chi connectivity index (χ3v) is 5.22. The molecule has 1 N–H and O–H groups in total. The molecule has 0 amide bonds. The average molecular weight is 427 g/mol. The van der Waals surface area contributed by atoms with Gasteiger partial charge in [-0.25, -0.2) is 9.78 Å². The van der Waals surface area contributed by atoms with Crippen molar-refractivity contribution in [3.8, 4) is 5.75 Å². The highest BCUT2D eigenvalue weighted by Crippen LogP contribution is 2.50. The number of ether oxygens (including phenoxy) is 2. The number of fused-ring (bicyclic) bond motifs is 1. The van der Waals surface area contributed by atoms with Gasteiger partial charge in [0.2, 0.25) is 0 Å². The number of halogens is 2. The maximum atomic E-state index is 10.9. The molecule has 0 bridgehead atoms. The molecule has 25 heavy (non-hydrogen) atoms. The van der Waals surface area contributed by atoms with Crippen LogP contribution in [0.1, 0.15) is 35.7 Å². The van der Waals surface area contributed by atoms with Crippen molar-refractivity contribution in [2.24, 2.45) is 0 Å². The Labute approximate surface area is 159 Å². The van der Waals surface area contributed by atoms with Crippen LogP contribution in [0, 0.1) is 6.92 Å². The fourth-order valence-corrected chi connectivity index (χ4v) is 4.23. The molecule has 0 spiro atoms. The van der Waals surface area contributed by atoms with E-state index in [-0.39, 0.29) is 0 Å². The van der Waals surface area contributed by atoms with Crippen molar-refractivity contribution >= 4 is 33.5 Å². The Morgan fingerprint density at radius 2 is 2.12 bits per heavy atom. The summed E-state index contributed by atoms with van der Waals surface area (Å²) in [6, 6.07) is 7.52. The van der Waals surface area contributed by atoms with Crippen molar-refractivity contribution in [2.75, 3.05) is 6.61 Å². The molecule has 1 aliphatic rings. The number of nitrogens with zero attached hydrogens (tertiary/aromatic N) is 1. The number of aliphatic carboxylic acids is 1. The van der Waals surface area contributed by atoms with Crippen LogP contribution in [0.2, 0.25) is 5.02 Å². The molecule has 1 aromatic carbocycles. The number of pyridine rings is 1. The van der Waals surface area contributed by atoms with E-state index in [0.717, 1.165) is 16.7 Å².